The first-order valence-corrected chi connectivity index (χ1v) is 7.84. The van der Waals surface area contributed by atoms with E-state index in [2.05, 4.69) is 4.72 Å². The second-order valence-electron chi connectivity index (χ2n) is 5.87. The van der Waals surface area contributed by atoms with Gasteiger partial charge in [0.15, 0.2) is 0 Å². The van der Waals surface area contributed by atoms with Gasteiger partial charge in [-0.2, -0.15) is 0 Å². The van der Waals surface area contributed by atoms with Crippen molar-refractivity contribution in [3.05, 3.63) is 34.9 Å². The maximum absolute atomic E-state index is 12.2. The number of rotatable bonds is 4. The third-order valence-corrected chi connectivity index (χ3v) is 4.95. The normalized spacial score (nSPS) is 19.6. The first-order chi connectivity index (χ1) is 8.38. The van der Waals surface area contributed by atoms with Gasteiger partial charge in [0.25, 0.3) is 0 Å². The highest BCUT2D eigenvalue weighted by molar-refractivity contribution is 7.84. The van der Waals surface area contributed by atoms with Crippen molar-refractivity contribution >= 4 is 22.6 Å². The number of benzene rings is 1. The van der Waals surface area contributed by atoms with E-state index in [-0.39, 0.29) is 10.8 Å². The molecule has 2 rings (SSSR count). The van der Waals surface area contributed by atoms with E-state index in [1.807, 2.05) is 45.0 Å². The molecule has 0 heterocycles. The summed E-state index contributed by atoms with van der Waals surface area (Å²) in [6.45, 7) is 5.96. The van der Waals surface area contributed by atoms with Crippen LogP contribution in [0.3, 0.4) is 0 Å². The monoisotopic (exact) mass is 285 g/mol. The van der Waals surface area contributed by atoms with Crippen LogP contribution in [-0.2, 0) is 11.0 Å². The molecule has 2 nitrogen and oxygen atoms in total. The maximum atomic E-state index is 12.2. The molecule has 1 aromatic carbocycles. The van der Waals surface area contributed by atoms with Gasteiger partial charge in [0.2, 0.25) is 0 Å². The predicted octanol–water partition coefficient (Wildman–Crippen LogP) is 3.84. The Morgan fingerprint density at radius 2 is 1.83 bits per heavy atom. The summed E-state index contributed by atoms with van der Waals surface area (Å²) in [6.07, 6.45) is 2.42. The Labute approximate surface area is 117 Å². The Bertz CT molecular complexity index is 434. The van der Waals surface area contributed by atoms with E-state index in [0.717, 1.165) is 5.02 Å². The fourth-order valence-electron chi connectivity index (χ4n) is 1.83. The molecule has 0 bridgehead atoms. The summed E-state index contributed by atoms with van der Waals surface area (Å²) < 4.78 is 15.3. The molecular formula is C14H20ClNOS. The van der Waals surface area contributed by atoms with Gasteiger partial charge < -0.3 is 0 Å². The average molecular weight is 286 g/mol. The minimum absolute atomic E-state index is 0.183. The van der Waals surface area contributed by atoms with Crippen molar-refractivity contribution in [2.45, 2.75) is 44.4 Å². The minimum Gasteiger partial charge on any atom is -0.242 e. The molecule has 1 fully saturated rings. The van der Waals surface area contributed by atoms with Gasteiger partial charge in [-0.15, -0.1) is 0 Å². The number of hydrogen-bond donors (Lipinski definition) is 1. The van der Waals surface area contributed by atoms with E-state index in [0.29, 0.717) is 5.92 Å². The van der Waals surface area contributed by atoms with Crippen molar-refractivity contribution < 1.29 is 4.21 Å². The zero-order valence-electron chi connectivity index (χ0n) is 11.1. The van der Waals surface area contributed by atoms with Crippen molar-refractivity contribution in [2.24, 2.45) is 5.92 Å². The quantitative estimate of drug-likeness (QED) is 0.895. The van der Waals surface area contributed by atoms with Gasteiger partial charge >= 0.3 is 0 Å². The summed E-state index contributed by atoms with van der Waals surface area (Å²) in [5.74, 6) is 0.609. The zero-order chi connectivity index (χ0) is 13.3. The van der Waals surface area contributed by atoms with Gasteiger partial charge in [-0.05, 0) is 57.2 Å². The highest BCUT2D eigenvalue weighted by Crippen LogP contribution is 2.41. The van der Waals surface area contributed by atoms with Crippen LogP contribution in [0.1, 0.15) is 45.2 Å². The highest BCUT2D eigenvalue weighted by Gasteiger charge is 2.35. The molecule has 2 atom stereocenters. The first-order valence-electron chi connectivity index (χ1n) is 6.31. The predicted molar refractivity (Wildman–Crippen MR) is 77.9 cm³/mol. The standard InChI is InChI=1S/C14H20ClNOS/c1-14(2,3)18(17)16-13(10-4-5-10)11-6-8-12(15)9-7-11/h6-10,13,16H,4-5H2,1-3H3/t13-,18-/m0/s1. The Balaban J connectivity index is 2.14. The lowest BCUT2D eigenvalue weighted by atomic mass is 10.0. The maximum Gasteiger partial charge on any atom is 0.0976 e. The van der Waals surface area contributed by atoms with Crippen LogP contribution >= 0.6 is 11.6 Å². The van der Waals surface area contributed by atoms with Crippen LogP contribution in [0.5, 0.6) is 0 Å². The van der Waals surface area contributed by atoms with Crippen LogP contribution in [0, 0.1) is 5.92 Å². The smallest absolute Gasteiger partial charge is 0.0976 e. The largest absolute Gasteiger partial charge is 0.242 e. The first kappa shape index (κ1) is 14.0. The van der Waals surface area contributed by atoms with Crippen molar-refractivity contribution in [2.75, 3.05) is 0 Å². The van der Waals surface area contributed by atoms with Gasteiger partial charge in [0, 0.05) is 11.1 Å². The molecule has 1 aromatic rings. The molecular weight excluding hydrogens is 266 g/mol. The molecule has 0 saturated heterocycles. The topological polar surface area (TPSA) is 29.1 Å². The second-order valence-corrected chi connectivity index (χ2v) is 8.30. The lowest BCUT2D eigenvalue weighted by molar-refractivity contribution is 0.556. The molecule has 0 spiro atoms. The van der Waals surface area contributed by atoms with Crippen LogP contribution in [-0.4, -0.2) is 8.96 Å². The van der Waals surface area contributed by atoms with Crippen LogP contribution in [0.4, 0.5) is 0 Å². The van der Waals surface area contributed by atoms with Crippen LogP contribution < -0.4 is 4.72 Å². The number of hydrogen-bond acceptors (Lipinski definition) is 1. The van der Waals surface area contributed by atoms with Gasteiger partial charge in [-0.25, -0.2) is 8.93 Å². The number of nitrogens with one attached hydrogen (secondary N) is 1. The SMILES string of the molecule is CC(C)(C)[S@](=O)N[C@H](c1ccc(Cl)cc1)C1CC1. The number of halogens is 1. The van der Waals surface area contributed by atoms with Crippen molar-refractivity contribution in [1.82, 2.24) is 4.72 Å². The third-order valence-electron chi connectivity index (χ3n) is 3.11. The van der Waals surface area contributed by atoms with E-state index in [1.165, 1.54) is 18.4 Å². The molecule has 18 heavy (non-hydrogen) atoms. The average Bonchev–Trinajstić information content (AvgIpc) is 3.09. The Morgan fingerprint density at radius 3 is 2.28 bits per heavy atom. The van der Waals surface area contributed by atoms with E-state index in [1.54, 1.807) is 0 Å². The zero-order valence-corrected chi connectivity index (χ0v) is 12.6. The molecule has 1 aliphatic carbocycles. The third kappa shape index (κ3) is 3.56. The summed E-state index contributed by atoms with van der Waals surface area (Å²) >= 11 is 5.91. The molecule has 0 aromatic heterocycles. The molecule has 4 heteroatoms. The van der Waals surface area contributed by atoms with Crippen molar-refractivity contribution in [3.63, 3.8) is 0 Å². The minimum atomic E-state index is -1.04. The molecule has 0 radical (unpaired) electrons. The highest BCUT2D eigenvalue weighted by atomic mass is 35.5. The van der Waals surface area contributed by atoms with Gasteiger partial charge in [0.1, 0.15) is 0 Å². The molecule has 0 amide bonds. The van der Waals surface area contributed by atoms with E-state index >= 15 is 0 Å². The summed E-state index contributed by atoms with van der Waals surface area (Å²) in [7, 11) is -1.04. The summed E-state index contributed by atoms with van der Waals surface area (Å²) in [5.41, 5.74) is 1.18. The van der Waals surface area contributed by atoms with Crippen LogP contribution in [0.25, 0.3) is 0 Å². The molecule has 1 saturated carbocycles. The lowest BCUT2D eigenvalue weighted by Gasteiger charge is -2.24. The molecule has 0 aliphatic heterocycles. The van der Waals surface area contributed by atoms with E-state index in [4.69, 9.17) is 11.6 Å². The molecule has 100 valence electrons. The van der Waals surface area contributed by atoms with Crippen LogP contribution in [0.2, 0.25) is 5.02 Å². The van der Waals surface area contributed by atoms with E-state index in [9.17, 15) is 4.21 Å². The van der Waals surface area contributed by atoms with Gasteiger partial charge in [0.05, 0.1) is 15.7 Å². The molecule has 0 unspecified atom stereocenters. The fourth-order valence-corrected chi connectivity index (χ4v) is 2.87. The lowest BCUT2D eigenvalue weighted by Crippen LogP contribution is -2.36. The fraction of sp³-hybridized carbons (Fsp3) is 0.571. The molecule has 1 aliphatic rings. The van der Waals surface area contributed by atoms with Crippen molar-refractivity contribution in [3.8, 4) is 0 Å². The molecule has 1 N–H and O–H groups in total. The van der Waals surface area contributed by atoms with Crippen LogP contribution in [0.15, 0.2) is 24.3 Å². The Kier molecular flexibility index (Phi) is 4.15. The second kappa shape index (κ2) is 5.32. The summed E-state index contributed by atoms with van der Waals surface area (Å²) in [5, 5.41) is 0.741. The Morgan fingerprint density at radius 1 is 1.28 bits per heavy atom. The summed E-state index contributed by atoms with van der Waals surface area (Å²) in [4.78, 5) is 0. The Hall–Kier alpha value is -0.380. The van der Waals surface area contributed by atoms with E-state index < -0.39 is 11.0 Å². The van der Waals surface area contributed by atoms with Gasteiger partial charge in [-0.3, -0.25) is 0 Å². The summed E-state index contributed by atoms with van der Waals surface area (Å²) in [6, 6.07) is 8.03. The van der Waals surface area contributed by atoms with Gasteiger partial charge in [-0.1, -0.05) is 23.7 Å². The van der Waals surface area contributed by atoms with Crippen molar-refractivity contribution in [1.29, 1.82) is 0 Å².